The third-order valence-corrected chi connectivity index (χ3v) is 2.25. The van der Waals surface area contributed by atoms with Crippen molar-refractivity contribution < 1.29 is 5.11 Å². The van der Waals surface area contributed by atoms with Gasteiger partial charge in [-0.3, -0.25) is 0 Å². The van der Waals surface area contributed by atoms with Crippen molar-refractivity contribution in [2.45, 2.75) is 67.0 Å². The summed E-state index contributed by atoms with van der Waals surface area (Å²) in [6.45, 7) is 13.8. The first kappa shape index (κ1) is 23.2. The molecule has 0 bridgehead atoms. The van der Waals surface area contributed by atoms with Crippen molar-refractivity contribution >= 4 is 0 Å². The van der Waals surface area contributed by atoms with Crippen LogP contribution < -0.4 is 5.32 Å². The second kappa shape index (κ2) is 19.5. The lowest BCUT2D eigenvalue weighted by molar-refractivity contribution is 0.149. The number of rotatable bonds is 4. The summed E-state index contributed by atoms with van der Waals surface area (Å²) in [6.07, 6.45) is 0.555. The van der Waals surface area contributed by atoms with Crippen LogP contribution >= 0.6 is 0 Å². The molecular weight excluding hydrogens is 234 g/mol. The number of likely N-dealkylation sites (N-methyl/N-ethyl adjacent to an activating group) is 1. The lowest BCUT2D eigenvalue weighted by atomic mass is 10.0. The Hall–Kier alpha value is -0.860. The molecule has 2 unspecified atom stereocenters. The van der Waals surface area contributed by atoms with Crippen LogP contribution in [0.1, 0.15) is 54.0 Å². The van der Waals surface area contributed by atoms with Crippen molar-refractivity contribution in [3.8, 4) is 0 Å². The predicted octanol–water partition coefficient (Wildman–Crippen LogP) is 4.28. The summed E-state index contributed by atoms with van der Waals surface area (Å²) in [6, 6.07) is 10.3. The van der Waals surface area contributed by atoms with Crippen molar-refractivity contribution in [3.63, 3.8) is 0 Å². The molecule has 0 aromatic heterocycles. The molecule has 0 heterocycles. The molecule has 0 saturated heterocycles. The molecule has 19 heavy (non-hydrogen) atoms. The van der Waals surface area contributed by atoms with Crippen molar-refractivity contribution in [2.24, 2.45) is 0 Å². The van der Waals surface area contributed by atoms with E-state index in [1.807, 2.05) is 73.7 Å². The maximum Gasteiger partial charge on any atom is 0.0668 e. The van der Waals surface area contributed by atoms with Gasteiger partial charge in [0.25, 0.3) is 0 Å². The normalized spacial score (nSPS) is 11.4. The highest BCUT2D eigenvalue weighted by Crippen LogP contribution is 2.05. The first-order chi connectivity index (χ1) is 9.24. The Kier molecular flexibility index (Phi) is 23.8. The minimum atomic E-state index is -0.315. The third-order valence-electron chi connectivity index (χ3n) is 2.25. The number of hydrogen-bond acceptors (Lipinski definition) is 2. The van der Waals surface area contributed by atoms with E-state index in [-0.39, 0.29) is 12.1 Å². The van der Waals surface area contributed by atoms with E-state index in [0.29, 0.717) is 0 Å². The van der Waals surface area contributed by atoms with Crippen LogP contribution in [0.15, 0.2) is 30.3 Å². The number of aliphatic hydroxyl groups is 1. The van der Waals surface area contributed by atoms with Crippen LogP contribution in [0.4, 0.5) is 0 Å². The van der Waals surface area contributed by atoms with Crippen LogP contribution in [-0.4, -0.2) is 24.3 Å². The highest BCUT2D eigenvalue weighted by atomic mass is 16.3. The topological polar surface area (TPSA) is 32.3 Å². The van der Waals surface area contributed by atoms with Gasteiger partial charge in [-0.05, 0) is 26.0 Å². The maximum absolute atomic E-state index is 9.41. The number of aliphatic hydroxyl groups excluding tert-OH is 1. The largest absolute Gasteiger partial charge is 0.392 e. The van der Waals surface area contributed by atoms with Gasteiger partial charge < -0.3 is 10.4 Å². The molecule has 0 aliphatic rings. The van der Waals surface area contributed by atoms with E-state index in [4.69, 9.17) is 0 Å². The standard InChI is InChI=1S/C11H17NO.3C2H6/c1-9(13)11(12-2)8-10-6-4-3-5-7-10;3*1-2/h3-7,9,11-13H,8H2,1-2H3;3*1-2H3. The van der Waals surface area contributed by atoms with Gasteiger partial charge in [-0.2, -0.15) is 0 Å². The lowest BCUT2D eigenvalue weighted by Crippen LogP contribution is -2.37. The van der Waals surface area contributed by atoms with Crippen LogP contribution in [0.5, 0.6) is 0 Å². The highest BCUT2D eigenvalue weighted by Gasteiger charge is 2.12. The van der Waals surface area contributed by atoms with Gasteiger partial charge in [0.1, 0.15) is 0 Å². The zero-order valence-corrected chi connectivity index (χ0v) is 14.2. The molecule has 0 saturated carbocycles. The monoisotopic (exact) mass is 269 g/mol. The summed E-state index contributed by atoms with van der Waals surface area (Å²) in [4.78, 5) is 0. The molecule has 0 aliphatic carbocycles. The van der Waals surface area contributed by atoms with E-state index in [1.54, 1.807) is 0 Å². The number of nitrogens with one attached hydrogen (secondary N) is 1. The minimum absolute atomic E-state index is 0.141. The van der Waals surface area contributed by atoms with Gasteiger partial charge in [-0.25, -0.2) is 0 Å². The fraction of sp³-hybridized carbons (Fsp3) is 0.647. The maximum atomic E-state index is 9.41. The van der Waals surface area contributed by atoms with Crippen LogP contribution in [0.3, 0.4) is 0 Å². The molecule has 2 atom stereocenters. The minimum Gasteiger partial charge on any atom is -0.392 e. The molecule has 1 aromatic carbocycles. The quantitative estimate of drug-likeness (QED) is 0.855. The van der Waals surface area contributed by atoms with Crippen LogP contribution in [0.25, 0.3) is 0 Å². The summed E-state index contributed by atoms with van der Waals surface area (Å²) in [5.41, 5.74) is 1.25. The fourth-order valence-electron chi connectivity index (χ4n) is 1.38. The summed E-state index contributed by atoms with van der Waals surface area (Å²) in [7, 11) is 1.88. The summed E-state index contributed by atoms with van der Waals surface area (Å²) < 4.78 is 0. The third kappa shape index (κ3) is 13.4. The van der Waals surface area contributed by atoms with Crippen molar-refractivity contribution in [3.05, 3.63) is 35.9 Å². The summed E-state index contributed by atoms with van der Waals surface area (Å²) >= 11 is 0. The Morgan fingerprint density at radius 2 is 1.37 bits per heavy atom. The van der Waals surface area contributed by atoms with Gasteiger partial charge >= 0.3 is 0 Å². The van der Waals surface area contributed by atoms with Crippen molar-refractivity contribution in [2.75, 3.05) is 7.05 Å². The average molecular weight is 269 g/mol. The second-order valence-corrected chi connectivity index (χ2v) is 3.33. The van der Waals surface area contributed by atoms with E-state index >= 15 is 0 Å². The number of benzene rings is 1. The molecule has 0 amide bonds. The predicted molar refractivity (Wildman–Crippen MR) is 88.7 cm³/mol. The van der Waals surface area contributed by atoms with Crippen molar-refractivity contribution in [1.82, 2.24) is 5.32 Å². The van der Waals surface area contributed by atoms with Gasteiger partial charge in [0.15, 0.2) is 0 Å². The fourth-order valence-corrected chi connectivity index (χ4v) is 1.38. The van der Waals surface area contributed by atoms with Crippen molar-refractivity contribution in [1.29, 1.82) is 0 Å². The Balaban J connectivity index is -0.000000375. The molecule has 0 fully saturated rings. The van der Waals surface area contributed by atoms with E-state index < -0.39 is 0 Å². The van der Waals surface area contributed by atoms with E-state index in [1.165, 1.54) is 5.56 Å². The molecule has 2 heteroatoms. The van der Waals surface area contributed by atoms with Crippen LogP contribution in [0, 0.1) is 0 Å². The molecule has 114 valence electrons. The zero-order chi connectivity index (χ0) is 15.7. The van der Waals surface area contributed by atoms with Gasteiger partial charge in [-0.1, -0.05) is 71.9 Å². The van der Waals surface area contributed by atoms with E-state index in [2.05, 4.69) is 17.4 Å². The van der Waals surface area contributed by atoms with Gasteiger partial charge in [-0.15, -0.1) is 0 Å². The highest BCUT2D eigenvalue weighted by molar-refractivity contribution is 5.16. The van der Waals surface area contributed by atoms with E-state index in [9.17, 15) is 5.11 Å². The van der Waals surface area contributed by atoms with Gasteiger partial charge in [0.2, 0.25) is 0 Å². The lowest BCUT2D eigenvalue weighted by Gasteiger charge is -2.18. The van der Waals surface area contributed by atoms with Gasteiger partial charge in [0.05, 0.1) is 6.10 Å². The molecule has 1 rings (SSSR count). The van der Waals surface area contributed by atoms with E-state index in [0.717, 1.165) is 6.42 Å². The molecule has 0 aliphatic heterocycles. The molecule has 2 nitrogen and oxygen atoms in total. The van der Waals surface area contributed by atoms with Gasteiger partial charge in [0, 0.05) is 6.04 Å². The number of hydrogen-bond donors (Lipinski definition) is 2. The first-order valence-corrected chi connectivity index (χ1v) is 7.63. The Labute approximate surface area is 121 Å². The first-order valence-electron chi connectivity index (χ1n) is 7.63. The molecule has 0 spiro atoms. The summed E-state index contributed by atoms with van der Waals surface area (Å²) in [5.74, 6) is 0. The Morgan fingerprint density at radius 3 is 1.68 bits per heavy atom. The SMILES string of the molecule is CC.CC.CC.CNC(Cc1ccccc1)C(C)O. The molecule has 1 aromatic rings. The molecule has 0 radical (unpaired) electrons. The Bertz CT molecular complexity index is 234. The van der Waals surface area contributed by atoms with Crippen LogP contribution in [0.2, 0.25) is 0 Å². The average Bonchev–Trinajstić information content (AvgIpc) is 2.51. The Morgan fingerprint density at radius 1 is 0.947 bits per heavy atom. The van der Waals surface area contributed by atoms with Crippen LogP contribution in [-0.2, 0) is 6.42 Å². The molecule has 2 N–H and O–H groups in total. The smallest absolute Gasteiger partial charge is 0.0668 e. The summed E-state index contributed by atoms with van der Waals surface area (Å²) in [5, 5.41) is 12.5. The zero-order valence-electron chi connectivity index (χ0n) is 14.2. The second-order valence-electron chi connectivity index (χ2n) is 3.33. The molecular formula is C17H35NO.